The number of halogens is 1. The van der Waals surface area contributed by atoms with E-state index in [9.17, 15) is 4.79 Å². The van der Waals surface area contributed by atoms with Crippen LogP contribution in [-0.2, 0) is 0 Å². The first-order valence-electron chi connectivity index (χ1n) is 8.66. The molecule has 1 aromatic rings. The molecule has 5 nitrogen and oxygen atoms in total. The largest absolute Gasteiger partial charge is 0.492 e. The van der Waals surface area contributed by atoms with E-state index in [1.165, 1.54) is 12.8 Å². The number of nitrogens with zero attached hydrogens (tertiary/aromatic N) is 2. The van der Waals surface area contributed by atoms with Crippen LogP contribution in [0, 0.1) is 5.41 Å². The number of nitrogens with one attached hydrogen (secondary N) is 1. The summed E-state index contributed by atoms with van der Waals surface area (Å²) in [7, 11) is 2.17. The monoisotopic (exact) mass is 351 g/mol. The summed E-state index contributed by atoms with van der Waals surface area (Å²) in [5, 5.41) is 3.65. The SMILES string of the molecule is CN1CCC2(CC1)CCN(C(=O)NCCOc1ccc(Cl)cc1)C2. The molecule has 0 unspecified atom stereocenters. The number of benzene rings is 1. The van der Waals surface area contributed by atoms with Crippen molar-refractivity contribution in [1.82, 2.24) is 15.1 Å². The molecule has 24 heavy (non-hydrogen) atoms. The summed E-state index contributed by atoms with van der Waals surface area (Å²) in [6.45, 7) is 5.01. The molecule has 1 N–H and O–H groups in total. The minimum Gasteiger partial charge on any atom is -0.492 e. The Morgan fingerprint density at radius 2 is 1.88 bits per heavy atom. The van der Waals surface area contributed by atoms with Crippen LogP contribution in [0.2, 0.25) is 5.02 Å². The highest BCUT2D eigenvalue weighted by atomic mass is 35.5. The van der Waals surface area contributed by atoms with Crippen LogP contribution >= 0.6 is 11.6 Å². The van der Waals surface area contributed by atoms with Crippen molar-refractivity contribution >= 4 is 17.6 Å². The van der Waals surface area contributed by atoms with Crippen molar-refractivity contribution in [2.45, 2.75) is 19.3 Å². The van der Waals surface area contributed by atoms with Crippen LogP contribution in [-0.4, -0.2) is 62.2 Å². The average Bonchev–Trinajstić information content (AvgIpc) is 3.00. The predicted octanol–water partition coefficient (Wildman–Crippen LogP) is 2.85. The lowest BCUT2D eigenvalue weighted by atomic mass is 9.78. The zero-order valence-corrected chi connectivity index (χ0v) is 15.0. The minimum atomic E-state index is 0.0329. The van der Waals surface area contributed by atoms with Crippen molar-refractivity contribution in [2.24, 2.45) is 5.41 Å². The van der Waals surface area contributed by atoms with E-state index in [-0.39, 0.29) is 6.03 Å². The quantitative estimate of drug-likeness (QED) is 0.848. The molecule has 2 amide bonds. The normalized spacial score (nSPS) is 20.3. The maximum atomic E-state index is 12.3. The van der Waals surface area contributed by atoms with Crippen LogP contribution in [0.1, 0.15) is 19.3 Å². The molecule has 0 saturated carbocycles. The van der Waals surface area contributed by atoms with Crippen LogP contribution < -0.4 is 10.1 Å². The lowest BCUT2D eigenvalue weighted by Gasteiger charge is -2.37. The van der Waals surface area contributed by atoms with E-state index in [0.717, 1.165) is 38.3 Å². The summed E-state index contributed by atoms with van der Waals surface area (Å²) in [5.74, 6) is 0.764. The van der Waals surface area contributed by atoms with E-state index in [1.54, 1.807) is 12.1 Å². The molecule has 2 heterocycles. The topological polar surface area (TPSA) is 44.8 Å². The molecule has 1 spiro atoms. The Labute approximate surface area is 148 Å². The molecule has 2 aliphatic rings. The highest BCUT2D eigenvalue weighted by molar-refractivity contribution is 6.30. The van der Waals surface area contributed by atoms with E-state index in [0.29, 0.717) is 23.6 Å². The second-order valence-corrected chi connectivity index (χ2v) is 7.45. The molecule has 132 valence electrons. The Balaban J connectivity index is 1.37. The molecule has 6 heteroatoms. The molecular formula is C18H26ClN3O2. The first-order valence-corrected chi connectivity index (χ1v) is 9.04. The second kappa shape index (κ2) is 7.62. The van der Waals surface area contributed by atoms with E-state index >= 15 is 0 Å². The fourth-order valence-electron chi connectivity index (χ4n) is 3.58. The van der Waals surface area contributed by atoms with Gasteiger partial charge in [-0.3, -0.25) is 0 Å². The van der Waals surface area contributed by atoms with Gasteiger partial charge in [-0.05, 0) is 69.1 Å². The Bertz CT molecular complexity index is 556. The molecule has 0 bridgehead atoms. The van der Waals surface area contributed by atoms with Gasteiger partial charge in [0.2, 0.25) is 0 Å². The highest BCUT2D eigenvalue weighted by Crippen LogP contribution is 2.39. The molecule has 2 saturated heterocycles. The highest BCUT2D eigenvalue weighted by Gasteiger charge is 2.41. The second-order valence-electron chi connectivity index (χ2n) is 7.01. The third-order valence-electron chi connectivity index (χ3n) is 5.23. The Morgan fingerprint density at radius 3 is 2.58 bits per heavy atom. The van der Waals surface area contributed by atoms with Gasteiger partial charge in [-0.2, -0.15) is 0 Å². The molecule has 0 aromatic heterocycles. The number of carbonyl (C=O) groups excluding carboxylic acids is 1. The summed E-state index contributed by atoms with van der Waals surface area (Å²) in [5.41, 5.74) is 0.351. The van der Waals surface area contributed by atoms with Gasteiger partial charge in [-0.1, -0.05) is 11.6 Å². The van der Waals surface area contributed by atoms with Gasteiger partial charge in [0.1, 0.15) is 12.4 Å². The van der Waals surface area contributed by atoms with E-state index < -0.39 is 0 Å². The molecule has 0 radical (unpaired) electrons. The summed E-state index contributed by atoms with van der Waals surface area (Å²) >= 11 is 5.84. The molecule has 2 aliphatic heterocycles. The van der Waals surface area contributed by atoms with Crippen LogP contribution in [0.5, 0.6) is 5.75 Å². The fraction of sp³-hybridized carbons (Fsp3) is 0.611. The third-order valence-corrected chi connectivity index (χ3v) is 5.49. The van der Waals surface area contributed by atoms with Gasteiger partial charge >= 0.3 is 6.03 Å². The van der Waals surface area contributed by atoms with Crippen molar-refractivity contribution in [3.05, 3.63) is 29.3 Å². The van der Waals surface area contributed by atoms with Crippen molar-refractivity contribution in [3.63, 3.8) is 0 Å². The first-order chi connectivity index (χ1) is 11.6. The van der Waals surface area contributed by atoms with Crippen molar-refractivity contribution in [2.75, 3.05) is 46.4 Å². The summed E-state index contributed by atoms with van der Waals surface area (Å²) in [6.07, 6.45) is 3.54. The smallest absolute Gasteiger partial charge is 0.317 e. The number of urea groups is 1. The van der Waals surface area contributed by atoms with Crippen molar-refractivity contribution in [3.8, 4) is 5.75 Å². The zero-order chi connectivity index (χ0) is 17.0. The third kappa shape index (κ3) is 4.33. The summed E-state index contributed by atoms with van der Waals surface area (Å²) in [6, 6.07) is 7.27. The number of hydrogen-bond acceptors (Lipinski definition) is 3. The number of ether oxygens (including phenoxy) is 1. The first kappa shape index (κ1) is 17.4. The standard InChI is InChI=1S/C18H26ClN3O2/c1-21-10-6-18(7-11-21)8-12-22(14-18)17(23)20-9-13-24-16-4-2-15(19)3-5-16/h2-5H,6-14H2,1H3,(H,20,23). The van der Waals surface area contributed by atoms with Crippen molar-refractivity contribution in [1.29, 1.82) is 0 Å². The van der Waals surface area contributed by atoms with Gasteiger partial charge in [0, 0.05) is 18.1 Å². The van der Waals surface area contributed by atoms with E-state index in [4.69, 9.17) is 16.3 Å². The number of rotatable bonds is 4. The summed E-state index contributed by atoms with van der Waals surface area (Å²) in [4.78, 5) is 16.7. The lowest BCUT2D eigenvalue weighted by Crippen LogP contribution is -2.43. The Hall–Kier alpha value is -1.46. The number of amides is 2. The van der Waals surface area contributed by atoms with Gasteiger partial charge in [0.25, 0.3) is 0 Å². The molecule has 0 atom stereocenters. The van der Waals surface area contributed by atoms with Crippen LogP contribution in [0.4, 0.5) is 4.79 Å². The number of likely N-dealkylation sites (tertiary alicyclic amines) is 2. The van der Waals surface area contributed by atoms with Gasteiger partial charge in [-0.25, -0.2) is 4.79 Å². The van der Waals surface area contributed by atoms with Crippen LogP contribution in [0.25, 0.3) is 0 Å². The minimum absolute atomic E-state index is 0.0329. The van der Waals surface area contributed by atoms with Gasteiger partial charge in [0.05, 0.1) is 6.54 Å². The zero-order valence-electron chi connectivity index (χ0n) is 14.3. The number of piperidine rings is 1. The van der Waals surface area contributed by atoms with Gasteiger partial charge in [-0.15, -0.1) is 0 Å². The van der Waals surface area contributed by atoms with Gasteiger partial charge < -0.3 is 19.9 Å². The molecular weight excluding hydrogens is 326 g/mol. The van der Waals surface area contributed by atoms with Gasteiger partial charge in [0.15, 0.2) is 0 Å². The molecule has 2 fully saturated rings. The van der Waals surface area contributed by atoms with Crippen molar-refractivity contribution < 1.29 is 9.53 Å². The molecule has 1 aromatic carbocycles. The predicted molar refractivity (Wildman–Crippen MR) is 95.7 cm³/mol. The lowest BCUT2D eigenvalue weighted by molar-refractivity contribution is 0.128. The fourth-order valence-corrected chi connectivity index (χ4v) is 3.70. The maximum absolute atomic E-state index is 12.3. The van der Waals surface area contributed by atoms with Crippen LogP contribution in [0.3, 0.4) is 0 Å². The van der Waals surface area contributed by atoms with E-state index in [1.807, 2.05) is 17.0 Å². The average molecular weight is 352 g/mol. The summed E-state index contributed by atoms with van der Waals surface area (Å²) < 4.78 is 5.60. The van der Waals surface area contributed by atoms with Crippen LogP contribution in [0.15, 0.2) is 24.3 Å². The molecule has 0 aliphatic carbocycles. The van der Waals surface area contributed by atoms with E-state index in [2.05, 4.69) is 17.3 Å². The molecule has 3 rings (SSSR count). The Kier molecular flexibility index (Phi) is 5.51. The maximum Gasteiger partial charge on any atom is 0.317 e. The number of carbonyl (C=O) groups is 1. The Morgan fingerprint density at radius 1 is 1.21 bits per heavy atom. The number of hydrogen-bond donors (Lipinski definition) is 1.